The highest BCUT2D eigenvalue weighted by Crippen LogP contribution is 2.38. The number of fused-ring (bicyclic) bond motifs is 1. The zero-order valence-corrected chi connectivity index (χ0v) is 18.3. The largest absolute Gasteiger partial charge is 0.496 e. The predicted molar refractivity (Wildman–Crippen MR) is 114 cm³/mol. The van der Waals surface area contributed by atoms with Crippen molar-refractivity contribution >= 4 is 27.5 Å². The van der Waals surface area contributed by atoms with Crippen molar-refractivity contribution in [1.82, 2.24) is 9.88 Å². The molecule has 0 radical (unpaired) electrons. The first-order valence-corrected chi connectivity index (χ1v) is 11.2. The molecule has 1 aromatic heterocycles. The highest BCUT2D eigenvalue weighted by Gasteiger charge is 2.41. The minimum absolute atomic E-state index is 0.0690. The predicted octanol–water partition coefficient (Wildman–Crippen LogP) is 3.71. The highest BCUT2D eigenvalue weighted by molar-refractivity contribution is 7.92. The number of alkyl halides is 3. The number of aromatic nitrogens is 1. The van der Waals surface area contributed by atoms with Crippen molar-refractivity contribution in [3.8, 4) is 5.75 Å². The zero-order valence-electron chi connectivity index (χ0n) is 17.5. The van der Waals surface area contributed by atoms with E-state index in [0.717, 1.165) is 17.0 Å². The molecular weight excluding hydrogens is 475 g/mol. The van der Waals surface area contributed by atoms with Gasteiger partial charge in [-0.25, -0.2) is 8.42 Å². The monoisotopic (exact) mass is 491 g/mol. The molecule has 34 heavy (non-hydrogen) atoms. The first-order chi connectivity index (χ1) is 16.0. The van der Waals surface area contributed by atoms with E-state index in [1.165, 1.54) is 31.6 Å². The molecule has 0 unspecified atom stereocenters. The number of amides is 2. The van der Waals surface area contributed by atoms with Crippen molar-refractivity contribution in [2.75, 3.05) is 11.8 Å². The van der Waals surface area contributed by atoms with Crippen LogP contribution in [0.25, 0.3) is 0 Å². The van der Waals surface area contributed by atoms with Crippen LogP contribution in [0.5, 0.6) is 5.75 Å². The summed E-state index contributed by atoms with van der Waals surface area (Å²) < 4.78 is 71.5. The van der Waals surface area contributed by atoms with Crippen LogP contribution in [0.4, 0.5) is 18.9 Å². The van der Waals surface area contributed by atoms with E-state index in [9.17, 15) is 31.2 Å². The minimum Gasteiger partial charge on any atom is -0.496 e. The van der Waals surface area contributed by atoms with Crippen molar-refractivity contribution in [2.45, 2.75) is 17.6 Å². The molecule has 176 valence electrons. The summed E-state index contributed by atoms with van der Waals surface area (Å²) in [5.74, 6) is -1.37. The van der Waals surface area contributed by atoms with Gasteiger partial charge in [0.15, 0.2) is 0 Å². The maximum atomic E-state index is 13.1. The fraction of sp³-hybridized carbons (Fsp3) is 0.136. The van der Waals surface area contributed by atoms with Crippen molar-refractivity contribution in [3.05, 3.63) is 83.2 Å². The van der Waals surface area contributed by atoms with Gasteiger partial charge in [0.1, 0.15) is 5.75 Å². The minimum atomic E-state index is -4.63. The number of rotatable bonds is 6. The van der Waals surface area contributed by atoms with E-state index < -0.39 is 38.5 Å². The van der Waals surface area contributed by atoms with Crippen LogP contribution < -0.4 is 9.46 Å². The van der Waals surface area contributed by atoms with Gasteiger partial charge in [-0.15, -0.1) is 0 Å². The Morgan fingerprint density at radius 3 is 2.26 bits per heavy atom. The molecule has 4 rings (SSSR count). The standard InChI is InChI=1S/C22H16F3N3O5S/c1-33-17-9-8-16(27-34(31,32)15-6-4-14(5-7-15)22(23,24)25)18-19(17)21(30)28(20(18)29)12-13-3-2-10-26-11-13/h2-11,27H,12H2,1H3. The van der Waals surface area contributed by atoms with Crippen LogP contribution in [0.1, 0.15) is 31.8 Å². The van der Waals surface area contributed by atoms with Gasteiger partial charge < -0.3 is 4.74 Å². The van der Waals surface area contributed by atoms with Gasteiger partial charge >= 0.3 is 6.18 Å². The smallest absolute Gasteiger partial charge is 0.416 e. The number of pyridine rings is 1. The maximum absolute atomic E-state index is 13.1. The number of halogens is 3. The second kappa shape index (κ2) is 8.45. The molecule has 2 heterocycles. The van der Waals surface area contributed by atoms with E-state index in [0.29, 0.717) is 17.7 Å². The molecule has 8 nitrogen and oxygen atoms in total. The maximum Gasteiger partial charge on any atom is 0.416 e. The summed E-state index contributed by atoms with van der Waals surface area (Å²) in [6.45, 7) is -0.103. The molecule has 2 amide bonds. The molecule has 0 atom stereocenters. The van der Waals surface area contributed by atoms with E-state index in [2.05, 4.69) is 9.71 Å². The van der Waals surface area contributed by atoms with Gasteiger partial charge in [0.05, 0.1) is 40.9 Å². The Bertz CT molecular complexity index is 1380. The van der Waals surface area contributed by atoms with Gasteiger partial charge in [-0.2, -0.15) is 13.2 Å². The van der Waals surface area contributed by atoms with Crippen LogP contribution >= 0.6 is 0 Å². The molecule has 0 aliphatic carbocycles. The molecule has 1 N–H and O–H groups in total. The van der Waals surface area contributed by atoms with Gasteiger partial charge in [0, 0.05) is 12.4 Å². The molecule has 12 heteroatoms. The molecule has 0 fully saturated rings. The summed E-state index contributed by atoms with van der Waals surface area (Å²) in [6.07, 6.45) is -1.62. The van der Waals surface area contributed by atoms with Gasteiger partial charge in [-0.3, -0.25) is 24.2 Å². The number of nitrogens with one attached hydrogen (secondary N) is 1. The van der Waals surface area contributed by atoms with Crippen LogP contribution in [0.15, 0.2) is 65.8 Å². The first kappa shape index (κ1) is 23.2. The van der Waals surface area contributed by atoms with E-state index in [4.69, 9.17) is 4.74 Å². The number of imide groups is 1. The highest BCUT2D eigenvalue weighted by atomic mass is 32.2. The van der Waals surface area contributed by atoms with E-state index >= 15 is 0 Å². The number of hydrogen-bond donors (Lipinski definition) is 1. The Morgan fingerprint density at radius 1 is 1.00 bits per heavy atom. The molecule has 0 spiro atoms. The number of nitrogens with zero attached hydrogens (tertiary/aromatic N) is 2. The average molecular weight is 491 g/mol. The van der Waals surface area contributed by atoms with Gasteiger partial charge in [0.25, 0.3) is 21.8 Å². The van der Waals surface area contributed by atoms with Crippen molar-refractivity contribution in [1.29, 1.82) is 0 Å². The third-order valence-corrected chi connectivity index (χ3v) is 6.49. The molecule has 0 bridgehead atoms. The quantitative estimate of drug-likeness (QED) is 0.527. The lowest BCUT2D eigenvalue weighted by Crippen LogP contribution is -2.29. The summed E-state index contributed by atoms with van der Waals surface area (Å²) >= 11 is 0. The van der Waals surface area contributed by atoms with E-state index in [1.54, 1.807) is 12.1 Å². The summed E-state index contributed by atoms with van der Waals surface area (Å²) in [5, 5.41) is 0. The van der Waals surface area contributed by atoms with Crippen molar-refractivity contribution in [2.24, 2.45) is 0 Å². The summed E-state index contributed by atoms with van der Waals surface area (Å²) in [4.78, 5) is 30.6. The number of carbonyl (C=O) groups excluding carboxylic acids is 2. The Hall–Kier alpha value is -3.93. The molecule has 1 aliphatic rings. The normalized spacial score (nSPS) is 13.7. The molecular formula is C22H16F3N3O5S. The third-order valence-electron chi connectivity index (χ3n) is 5.10. The van der Waals surface area contributed by atoms with Crippen LogP contribution in [0.2, 0.25) is 0 Å². The van der Waals surface area contributed by atoms with Crippen LogP contribution in [0.3, 0.4) is 0 Å². The fourth-order valence-electron chi connectivity index (χ4n) is 3.48. The second-order valence-corrected chi connectivity index (χ2v) is 8.93. The lowest BCUT2D eigenvalue weighted by molar-refractivity contribution is -0.137. The van der Waals surface area contributed by atoms with Gasteiger partial charge in [0.2, 0.25) is 0 Å². The van der Waals surface area contributed by atoms with E-state index in [-0.39, 0.29) is 29.1 Å². The summed E-state index contributed by atoms with van der Waals surface area (Å²) in [7, 11) is -3.09. The lowest BCUT2D eigenvalue weighted by Gasteiger charge is -2.14. The van der Waals surface area contributed by atoms with Crippen LogP contribution in [-0.2, 0) is 22.7 Å². The Labute approximate surface area is 192 Å². The van der Waals surface area contributed by atoms with Gasteiger partial charge in [-0.05, 0) is 48.0 Å². The van der Waals surface area contributed by atoms with Crippen molar-refractivity contribution in [3.63, 3.8) is 0 Å². The fourth-order valence-corrected chi connectivity index (χ4v) is 4.55. The van der Waals surface area contributed by atoms with Crippen molar-refractivity contribution < 1.29 is 35.9 Å². The van der Waals surface area contributed by atoms with Crippen LogP contribution in [-0.4, -0.2) is 37.2 Å². The molecule has 1 aliphatic heterocycles. The first-order valence-electron chi connectivity index (χ1n) is 9.69. The summed E-state index contributed by atoms with van der Waals surface area (Å²) in [5.41, 5.74) is -0.984. The second-order valence-electron chi connectivity index (χ2n) is 7.25. The number of methoxy groups -OCH3 is 1. The van der Waals surface area contributed by atoms with Gasteiger partial charge in [-0.1, -0.05) is 6.07 Å². The lowest BCUT2D eigenvalue weighted by atomic mass is 10.1. The SMILES string of the molecule is COc1ccc(NS(=O)(=O)c2ccc(C(F)(F)F)cc2)c2c1C(=O)N(Cc1cccnc1)C2=O. The Morgan fingerprint density at radius 2 is 1.68 bits per heavy atom. The number of benzene rings is 2. The number of anilines is 1. The average Bonchev–Trinajstić information content (AvgIpc) is 3.05. The number of hydrogen-bond acceptors (Lipinski definition) is 6. The Balaban J connectivity index is 1.70. The van der Waals surface area contributed by atoms with Crippen LogP contribution in [0, 0.1) is 0 Å². The molecule has 2 aromatic carbocycles. The number of carbonyl (C=O) groups is 2. The molecule has 3 aromatic rings. The third kappa shape index (κ3) is 4.19. The topological polar surface area (TPSA) is 106 Å². The zero-order chi connectivity index (χ0) is 24.7. The summed E-state index contributed by atoms with van der Waals surface area (Å²) in [6, 6.07) is 8.75. The number of sulfonamides is 1. The molecule has 0 saturated carbocycles. The molecule has 0 saturated heterocycles. The number of ether oxygens (including phenoxy) is 1. The Kier molecular flexibility index (Phi) is 5.77. The van der Waals surface area contributed by atoms with E-state index in [1.807, 2.05) is 0 Å².